The summed E-state index contributed by atoms with van der Waals surface area (Å²) in [4.78, 5) is 22.9. The molecule has 0 radical (unpaired) electrons. The van der Waals surface area contributed by atoms with Gasteiger partial charge in [0.1, 0.15) is 0 Å². The number of carboxylic acid groups (broad SMARTS) is 1. The van der Waals surface area contributed by atoms with Crippen LogP contribution in [0.15, 0.2) is 12.2 Å². The van der Waals surface area contributed by atoms with E-state index in [0.29, 0.717) is 0 Å². The predicted octanol–water partition coefficient (Wildman–Crippen LogP) is -0.382. The molecule has 0 aromatic rings. The Balaban J connectivity index is 2.10. The number of carbonyl (C=O) groups is 2. The molecule has 1 amide bonds. The molecule has 0 saturated heterocycles. The fourth-order valence-corrected chi connectivity index (χ4v) is 2.81. The lowest BCUT2D eigenvalue weighted by atomic mass is 9.82. The molecule has 0 spiro atoms. The molecule has 1 saturated carbocycles. The second-order valence-corrected chi connectivity index (χ2v) is 4.35. The van der Waals surface area contributed by atoms with Gasteiger partial charge in [-0.25, -0.2) is 0 Å². The van der Waals surface area contributed by atoms with E-state index in [0.717, 1.165) is 6.42 Å². The van der Waals surface area contributed by atoms with Gasteiger partial charge in [0.2, 0.25) is 5.91 Å². The van der Waals surface area contributed by atoms with Crippen molar-refractivity contribution in [3.63, 3.8) is 0 Å². The maximum atomic E-state index is 11.8. The van der Waals surface area contributed by atoms with Crippen LogP contribution in [0.3, 0.4) is 0 Å². The second-order valence-electron chi connectivity index (χ2n) is 4.35. The summed E-state index contributed by atoms with van der Waals surface area (Å²) in [6.45, 7) is 0.0584. The Morgan fingerprint density at radius 1 is 1.25 bits per heavy atom. The largest absolute Gasteiger partial charge is 0.481 e. The number of aliphatic hydroxyl groups excluding tert-OH is 1. The quantitative estimate of drug-likeness (QED) is 0.569. The lowest BCUT2D eigenvalue weighted by Gasteiger charge is -2.23. The maximum absolute atomic E-state index is 11.8. The van der Waals surface area contributed by atoms with Crippen molar-refractivity contribution in [2.75, 3.05) is 13.2 Å². The normalized spacial score (nSPS) is 35.3. The molecular weight excluding hydrogens is 210 g/mol. The van der Waals surface area contributed by atoms with E-state index in [-0.39, 0.29) is 30.9 Å². The van der Waals surface area contributed by atoms with Gasteiger partial charge in [-0.1, -0.05) is 12.2 Å². The summed E-state index contributed by atoms with van der Waals surface area (Å²) in [6, 6.07) is 0. The van der Waals surface area contributed by atoms with Crippen molar-refractivity contribution >= 4 is 11.9 Å². The van der Waals surface area contributed by atoms with Gasteiger partial charge in [-0.3, -0.25) is 9.59 Å². The van der Waals surface area contributed by atoms with Crippen LogP contribution in [0.25, 0.3) is 0 Å². The van der Waals surface area contributed by atoms with Gasteiger partial charge in [-0.15, -0.1) is 0 Å². The first-order valence-corrected chi connectivity index (χ1v) is 5.45. The first-order valence-electron chi connectivity index (χ1n) is 5.45. The average Bonchev–Trinajstić information content (AvgIpc) is 2.84. The van der Waals surface area contributed by atoms with Crippen LogP contribution in [0, 0.1) is 23.7 Å². The molecule has 0 aliphatic heterocycles. The Morgan fingerprint density at radius 2 is 1.88 bits per heavy atom. The molecule has 5 nitrogen and oxygen atoms in total. The Morgan fingerprint density at radius 3 is 2.44 bits per heavy atom. The summed E-state index contributed by atoms with van der Waals surface area (Å²) >= 11 is 0. The fraction of sp³-hybridized carbons (Fsp3) is 0.636. The topological polar surface area (TPSA) is 86.6 Å². The van der Waals surface area contributed by atoms with Gasteiger partial charge in [0, 0.05) is 6.54 Å². The number of nitrogens with one attached hydrogen (secondary N) is 1. The van der Waals surface area contributed by atoms with Crippen LogP contribution in [-0.2, 0) is 9.59 Å². The van der Waals surface area contributed by atoms with Crippen LogP contribution in [-0.4, -0.2) is 35.2 Å². The van der Waals surface area contributed by atoms with Crippen molar-refractivity contribution in [2.24, 2.45) is 23.7 Å². The van der Waals surface area contributed by atoms with E-state index in [9.17, 15) is 9.59 Å². The number of rotatable bonds is 4. The van der Waals surface area contributed by atoms with Crippen LogP contribution in [0.5, 0.6) is 0 Å². The molecular formula is C11H15NO4. The molecule has 2 rings (SSSR count). The lowest BCUT2D eigenvalue weighted by Crippen LogP contribution is -2.41. The van der Waals surface area contributed by atoms with Crippen LogP contribution >= 0.6 is 0 Å². The molecule has 3 N–H and O–H groups in total. The second kappa shape index (κ2) is 4.25. The molecule has 16 heavy (non-hydrogen) atoms. The van der Waals surface area contributed by atoms with Gasteiger partial charge in [0.15, 0.2) is 0 Å². The predicted molar refractivity (Wildman–Crippen MR) is 55.4 cm³/mol. The highest BCUT2D eigenvalue weighted by molar-refractivity contribution is 5.86. The summed E-state index contributed by atoms with van der Waals surface area (Å²) in [7, 11) is 0. The Hall–Kier alpha value is -1.36. The zero-order chi connectivity index (χ0) is 11.7. The third-order valence-electron chi connectivity index (χ3n) is 3.46. The Kier molecular flexibility index (Phi) is 2.96. The number of hydrogen-bond acceptors (Lipinski definition) is 3. The molecule has 2 aliphatic carbocycles. The molecule has 0 aromatic heterocycles. The van der Waals surface area contributed by atoms with Gasteiger partial charge in [0.05, 0.1) is 18.4 Å². The summed E-state index contributed by atoms with van der Waals surface area (Å²) in [6.07, 6.45) is 4.60. The van der Waals surface area contributed by atoms with E-state index in [1.807, 2.05) is 12.2 Å². The van der Waals surface area contributed by atoms with Gasteiger partial charge in [0.25, 0.3) is 0 Å². The average molecular weight is 225 g/mol. The molecule has 0 heterocycles. The molecule has 1 fully saturated rings. The summed E-state index contributed by atoms with van der Waals surface area (Å²) in [5.41, 5.74) is 0. The first kappa shape index (κ1) is 11.1. The minimum Gasteiger partial charge on any atom is -0.481 e. The Labute approximate surface area is 93.1 Å². The van der Waals surface area contributed by atoms with Crippen molar-refractivity contribution in [3.8, 4) is 0 Å². The van der Waals surface area contributed by atoms with Gasteiger partial charge in [-0.2, -0.15) is 0 Å². The van der Waals surface area contributed by atoms with Crippen molar-refractivity contribution in [2.45, 2.75) is 6.42 Å². The zero-order valence-corrected chi connectivity index (χ0v) is 8.80. The number of allylic oxidation sites excluding steroid dienone is 2. The van der Waals surface area contributed by atoms with Gasteiger partial charge >= 0.3 is 5.97 Å². The van der Waals surface area contributed by atoms with E-state index < -0.39 is 17.8 Å². The van der Waals surface area contributed by atoms with E-state index in [1.165, 1.54) is 0 Å². The molecule has 0 aromatic carbocycles. The van der Waals surface area contributed by atoms with Crippen LogP contribution in [0.4, 0.5) is 0 Å². The standard InChI is InChI=1S/C11H15NO4/c13-4-3-12-10(14)8-6-1-2-7(5-6)9(8)11(15)16/h1-2,6-9,13H,3-5H2,(H,12,14)(H,15,16)/t6-,7-,8+,9-/m0/s1. The minimum absolute atomic E-state index is 0.00706. The molecule has 4 atom stereocenters. The summed E-state index contributed by atoms with van der Waals surface area (Å²) in [5, 5.41) is 20.3. The molecule has 0 unspecified atom stereocenters. The fourth-order valence-electron chi connectivity index (χ4n) is 2.81. The van der Waals surface area contributed by atoms with E-state index in [4.69, 9.17) is 10.2 Å². The van der Waals surface area contributed by atoms with E-state index >= 15 is 0 Å². The molecule has 2 bridgehead atoms. The number of carbonyl (C=O) groups excluding carboxylic acids is 1. The SMILES string of the molecule is O=C(O)[C@@H]1[C@H](C(=O)NCCO)[C@H]2C=C[C@H]1C2. The smallest absolute Gasteiger partial charge is 0.307 e. The van der Waals surface area contributed by atoms with Crippen molar-refractivity contribution in [1.82, 2.24) is 5.32 Å². The number of aliphatic carboxylic acids is 1. The number of carboxylic acids is 1. The van der Waals surface area contributed by atoms with E-state index in [1.54, 1.807) is 0 Å². The van der Waals surface area contributed by atoms with Crippen LogP contribution in [0.1, 0.15) is 6.42 Å². The van der Waals surface area contributed by atoms with Crippen LogP contribution in [0.2, 0.25) is 0 Å². The third-order valence-corrected chi connectivity index (χ3v) is 3.46. The summed E-state index contributed by atoms with van der Waals surface area (Å²) in [5.74, 6) is -2.19. The number of amides is 1. The number of fused-ring (bicyclic) bond motifs is 2. The minimum atomic E-state index is -0.902. The van der Waals surface area contributed by atoms with Crippen molar-refractivity contribution in [1.29, 1.82) is 0 Å². The maximum Gasteiger partial charge on any atom is 0.307 e. The van der Waals surface area contributed by atoms with Gasteiger partial charge < -0.3 is 15.5 Å². The first-order chi connectivity index (χ1) is 7.65. The highest BCUT2D eigenvalue weighted by atomic mass is 16.4. The molecule has 2 aliphatic rings. The number of aliphatic hydroxyl groups is 1. The van der Waals surface area contributed by atoms with Crippen LogP contribution < -0.4 is 5.32 Å². The highest BCUT2D eigenvalue weighted by Gasteiger charge is 2.51. The van der Waals surface area contributed by atoms with Gasteiger partial charge in [-0.05, 0) is 18.3 Å². The summed E-state index contributed by atoms with van der Waals surface area (Å²) < 4.78 is 0. The third kappa shape index (κ3) is 1.71. The highest BCUT2D eigenvalue weighted by Crippen LogP contribution is 2.48. The Bertz CT molecular complexity index is 339. The lowest BCUT2D eigenvalue weighted by molar-refractivity contribution is -0.147. The molecule has 88 valence electrons. The van der Waals surface area contributed by atoms with E-state index in [2.05, 4.69) is 5.32 Å². The monoisotopic (exact) mass is 225 g/mol. The molecule has 5 heteroatoms. The van der Waals surface area contributed by atoms with Crippen molar-refractivity contribution < 1.29 is 19.8 Å². The zero-order valence-electron chi connectivity index (χ0n) is 8.80. The number of hydrogen-bond donors (Lipinski definition) is 3. The van der Waals surface area contributed by atoms with Crippen molar-refractivity contribution in [3.05, 3.63) is 12.2 Å².